The van der Waals surface area contributed by atoms with Gasteiger partial charge in [-0.25, -0.2) is 0 Å². The van der Waals surface area contributed by atoms with Crippen molar-refractivity contribution in [3.8, 4) is 11.5 Å². The Morgan fingerprint density at radius 1 is 0.675 bits per heavy atom. The van der Waals surface area contributed by atoms with E-state index in [-0.39, 0.29) is 11.5 Å². The van der Waals surface area contributed by atoms with Crippen LogP contribution >= 0.6 is 0 Å². The molecule has 3 aliphatic rings. The van der Waals surface area contributed by atoms with Crippen molar-refractivity contribution in [2.24, 2.45) is 17.8 Å². The van der Waals surface area contributed by atoms with Gasteiger partial charge in [0.1, 0.15) is 0 Å². The maximum absolute atomic E-state index is 14.4. The SMILES string of the molecule is CCCCOC1CCC(c2ccc(C3CCC4CC(COc5ccc(OCC)c(F)c5F)CCC4C3)cc2)CC1. The molecule has 2 aromatic rings. The Balaban J connectivity index is 1.07. The zero-order valence-corrected chi connectivity index (χ0v) is 24.5. The molecule has 5 heteroatoms. The Bertz CT molecular complexity index is 1060. The predicted octanol–water partition coefficient (Wildman–Crippen LogP) is 9.59. The largest absolute Gasteiger partial charge is 0.491 e. The molecule has 0 aliphatic heterocycles. The Kier molecular flexibility index (Phi) is 10.4. The standard InChI is InChI=1S/C35H48F2O3/c1-3-5-20-39-31-16-14-26(15-17-31)25-8-10-27(11-9-25)29-13-12-28-21-24(6-7-30(28)22-29)23-40-33-19-18-32(38-4-2)34(36)35(33)37/h8-11,18-19,24,26,28-31H,3-7,12-17,20-23H2,1-2H3. The Labute approximate surface area is 240 Å². The highest BCUT2D eigenvalue weighted by Gasteiger charge is 2.36. The summed E-state index contributed by atoms with van der Waals surface area (Å²) in [6.07, 6.45) is 14.9. The minimum absolute atomic E-state index is 0.0106. The van der Waals surface area contributed by atoms with Gasteiger partial charge in [0, 0.05) is 6.61 Å². The number of ether oxygens (including phenoxy) is 3. The quantitative estimate of drug-likeness (QED) is 0.259. The lowest BCUT2D eigenvalue weighted by Crippen LogP contribution is -2.32. The van der Waals surface area contributed by atoms with Crippen molar-refractivity contribution in [1.82, 2.24) is 0 Å². The first-order valence-corrected chi connectivity index (χ1v) is 16.0. The fraction of sp³-hybridized carbons (Fsp3) is 0.657. The average molecular weight is 555 g/mol. The van der Waals surface area contributed by atoms with Crippen molar-refractivity contribution in [1.29, 1.82) is 0 Å². The monoisotopic (exact) mass is 554 g/mol. The molecule has 3 saturated carbocycles. The summed E-state index contributed by atoms with van der Waals surface area (Å²) in [6, 6.07) is 12.6. The van der Waals surface area contributed by atoms with Gasteiger partial charge >= 0.3 is 0 Å². The van der Waals surface area contributed by atoms with E-state index in [1.165, 1.54) is 87.5 Å². The van der Waals surface area contributed by atoms with Crippen LogP contribution in [0.3, 0.4) is 0 Å². The molecule has 0 heterocycles. The molecule has 0 saturated heterocycles. The van der Waals surface area contributed by atoms with Crippen LogP contribution in [0, 0.1) is 29.4 Å². The molecule has 3 aliphatic carbocycles. The molecule has 3 nitrogen and oxygen atoms in total. The van der Waals surface area contributed by atoms with Crippen LogP contribution in [0.1, 0.15) is 114 Å². The summed E-state index contributed by atoms with van der Waals surface area (Å²) < 4.78 is 45.6. The lowest BCUT2D eigenvalue weighted by atomic mass is 9.64. The van der Waals surface area contributed by atoms with Gasteiger partial charge in [-0.2, -0.15) is 8.78 Å². The van der Waals surface area contributed by atoms with Crippen LogP contribution in [0.5, 0.6) is 11.5 Å². The summed E-state index contributed by atoms with van der Waals surface area (Å²) in [5.41, 5.74) is 3.02. The minimum atomic E-state index is -0.964. The Morgan fingerprint density at radius 2 is 1.27 bits per heavy atom. The van der Waals surface area contributed by atoms with Gasteiger partial charge in [0.2, 0.25) is 11.6 Å². The smallest absolute Gasteiger partial charge is 0.204 e. The first kappa shape index (κ1) is 29.4. The third kappa shape index (κ3) is 7.19. The van der Waals surface area contributed by atoms with E-state index >= 15 is 0 Å². The zero-order valence-electron chi connectivity index (χ0n) is 24.5. The molecule has 0 spiro atoms. The number of fused-ring (bicyclic) bond motifs is 1. The number of rotatable bonds is 11. The van der Waals surface area contributed by atoms with Crippen molar-refractivity contribution in [2.45, 2.75) is 109 Å². The molecule has 40 heavy (non-hydrogen) atoms. The highest BCUT2D eigenvalue weighted by atomic mass is 19.2. The third-order valence-corrected chi connectivity index (χ3v) is 9.91. The molecule has 3 fully saturated rings. The summed E-state index contributed by atoms with van der Waals surface area (Å²) in [5.74, 6) is 1.24. The maximum atomic E-state index is 14.4. The Hall–Kier alpha value is -2.14. The second-order valence-corrected chi connectivity index (χ2v) is 12.5. The third-order valence-electron chi connectivity index (χ3n) is 9.91. The fourth-order valence-corrected chi connectivity index (χ4v) is 7.54. The summed E-state index contributed by atoms with van der Waals surface area (Å²) in [5, 5.41) is 0. The molecular weight excluding hydrogens is 506 g/mol. The lowest BCUT2D eigenvalue weighted by Gasteiger charge is -2.42. The maximum Gasteiger partial charge on any atom is 0.204 e. The van der Waals surface area contributed by atoms with E-state index in [0.717, 1.165) is 31.3 Å². The van der Waals surface area contributed by atoms with E-state index in [9.17, 15) is 8.78 Å². The average Bonchev–Trinajstić information content (AvgIpc) is 2.99. The van der Waals surface area contributed by atoms with Gasteiger partial charge in [-0.05, 0) is 130 Å². The molecule has 4 unspecified atom stereocenters. The van der Waals surface area contributed by atoms with E-state index in [1.54, 1.807) is 6.92 Å². The van der Waals surface area contributed by atoms with Crippen molar-refractivity contribution in [3.63, 3.8) is 0 Å². The van der Waals surface area contributed by atoms with Crippen LogP contribution in [-0.4, -0.2) is 25.9 Å². The predicted molar refractivity (Wildman–Crippen MR) is 156 cm³/mol. The number of benzene rings is 2. The van der Waals surface area contributed by atoms with Crippen LogP contribution in [0.2, 0.25) is 0 Å². The minimum Gasteiger partial charge on any atom is -0.491 e. The van der Waals surface area contributed by atoms with Gasteiger partial charge in [-0.1, -0.05) is 37.6 Å². The highest BCUT2D eigenvalue weighted by Crippen LogP contribution is 2.48. The lowest BCUT2D eigenvalue weighted by molar-refractivity contribution is 0.0232. The van der Waals surface area contributed by atoms with Gasteiger partial charge in [0.25, 0.3) is 0 Å². The number of hydrogen-bond acceptors (Lipinski definition) is 3. The first-order chi connectivity index (χ1) is 19.6. The van der Waals surface area contributed by atoms with Gasteiger partial charge in [-0.3, -0.25) is 0 Å². The summed E-state index contributed by atoms with van der Waals surface area (Å²) >= 11 is 0. The van der Waals surface area contributed by atoms with Crippen LogP contribution in [0.25, 0.3) is 0 Å². The van der Waals surface area contributed by atoms with Crippen molar-refractivity contribution < 1.29 is 23.0 Å². The van der Waals surface area contributed by atoms with Crippen LogP contribution < -0.4 is 9.47 Å². The molecule has 0 radical (unpaired) electrons. The summed E-state index contributed by atoms with van der Waals surface area (Å²) in [4.78, 5) is 0. The van der Waals surface area contributed by atoms with E-state index in [2.05, 4.69) is 31.2 Å². The molecule has 220 valence electrons. The van der Waals surface area contributed by atoms with E-state index < -0.39 is 11.6 Å². The van der Waals surface area contributed by atoms with Crippen LogP contribution in [0.4, 0.5) is 8.78 Å². The van der Waals surface area contributed by atoms with E-state index in [4.69, 9.17) is 14.2 Å². The van der Waals surface area contributed by atoms with Gasteiger partial charge in [-0.15, -0.1) is 0 Å². The topological polar surface area (TPSA) is 27.7 Å². The normalized spacial score (nSPS) is 28.6. The van der Waals surface area contributed by atoms with Crippen molar-refractivity contribution in [2.75, 3.05) is 19.8 Å². The number of unbranched alkanes of at least 4 members (excludes halogenated alkanes) is 1. The molecular formula is C35H48F2O3. The molecule has 5 rings (SSSR count). The van der Waals surface area contributed by atoms with Crippen molar-refractivity contribution in [3.05, 3.63) is 59.2 Å². The first-order valence-electron chi connectivity index (χ1n) is 16.0. The second kappa shape index (κ2) is 14.2. The molecule has 0 amide bonds. The van der Waals surface area contributed by atoms with E-state index in [1.807, 2.05) is 0 Å². The Morgan fingerprint density at radius 3 is 1.95 bits per heavy atom. The molecule has 2 aromatic carbocycles. The number of halogens is 2. The molecule has 4 atom stereocenters. The molecule has 0 aromatic heterocycles. The fourth-order valence-electron chi connectivity index (χ4n) is 7.54. The van der Waals surface area contributed by atoms with Crippen LogP contribution in [-0.2, 0) is 4.74 Å². The van der Waals surface area contributed by atoms with Crippen molar-refractivity contribution >= 4 is 0 Å². The zero-order chi connectivity index (χ0) is 27.9. The summed E-state index contributed by atoms with van der Waals surface area (Å²) in [7, 11) is 0. The van der Waals surface area contributed by atoms with Gasteiger partial charge in [0.05, 0.1) is 19.3 Å². The number of hydrogen-bond donors (Lipinski definition) is 0. The van der Waals surface area contributed by atoms with Gasteiger partial charge < -0.3 is 14.2 Å². The molecule has 0 bridgehead atoms. The van der Waals surface area contributed by atoms with E-state index in [0.29, 0.717) is 37.1 Å². The highest BCUT2D eigenvalue weighted by molar-refractivity contribution is 5.35. The van der Waals surface area contributed by atoms with Gasteiger partial charge in [0.15, 0.2) is 11.5 Å². The van der Waals surface area contributed by atoms with Crippen LogP contribution in [0.15, 0.2) is 36.4 Å². The second-order valence-electron chi connectivity index (χ2n) is 12.5. The summed E-state index contributed by atoms with van der Waals surface area (Å²) in [6.45, 7) is 5.63. The molecule has 0 N–H and O–H groups in total.